The van der Waals surface area contributed by atoms with Gasteiger partial charge in [0.05, 0.1) is 23.8 Å². The molecule has 0 bridgehead atoms. The molecule has 1 aromatic heterocycles. The van der Waals surface area contributed by atoms with Crippen molar-refractivity contribution in [1.82, 2.24) is 15.6 Å². The molecule has 1 heterocycles. The fourth-order valence-corrected chi connectivity index (χ4v) is 3.37. The van der Waals surface area contributed by atoms with E-state index in [1.807, 2.05) is 26.0 Å². The summed E-state index contributed by atoms with van der Waals surface area (Å²) in [6, 6.07) is 8.21. The van der Waals surface area contributed by atoms with Crippen molar-refractivity contribution in [3.8, 4) is 0 Å². The lowest BCUT2D eigenvalue weighted by Gasteiger charge is -2.10. The van der Waals surface area contributed by atoms with Crippen LogP contribution in [0.2, 0.25) is 0 Å². The lowest BCUT2D eigenvalue weighted by Crippen LogP contribution is -2.36. The van der Waals surface area contributed by atoms with Gasteiger partial charge in [-0.2, -0.15) is 0 Å². The molecule has 0 aliphatic heterocycles. The highest BCUT2D eigenvalue weighted by Crippen LogP contribution is 2.16. The van der Waals surface area contributed by atoms with Crippen LogP contribution in [0.15, 0.2) is 33.7 Å². The first-order chi connectivity index (χ1) is 10.6. The molecule has 0 atom stereocenters. The van der Waals surface area contributed by atoms with Crippen LogP contribution in [0.4, 0.5) is 0 Å². The number of benzene rings is 1. The number of aliphatic imine (C=N–C) groups is 1. The van der Waals surface area contributed by atoms with E-state index in [0.29, 0.717) is 6.54 Å². The summed E-state index contributed by atoms with van der Waals surface area (Å²) in [6.07, 6.45) is 0. The van der Waals surface area contributed by atoms with Crippen LogP contribution in [0.3, 0.4) is 0 Å². The molecule has 2 N–H and O–H groups in total. The maximum absolute atomic E-state index is 4.63. The van der Waals surface area contributed by atoms with E-state index < -0.39 is 0 Å². The second kappa shape index (κ2) is 8.29. The molecule has 4 nitrogen and oxygen atoms in total. The van der Waals surface area contributed by atoms with Crippen molar-refractivity contribution in [3.05, 3.63) is 49.9 Å². The molecule has 6 heteroatoms. The number of hydrogen-bond acceptors (Lipinski definition) is 3. The molecule has 0 unspecified atom stereocenters. The molecule has 0 radical (unpaired) electrons. The van der Waals surface area contributed by atoms with Crippen LogP contribution >= 0.6 is 27.3 Å². The fourth-order valence-electron chi connectivity index (χ4n) is 2.05. The first kappa shape index (κ1) is 17.0. The molecule has 1 aromatic carbocycles. The smallest absolute Gasteiger partial charge is 0.191 e. The van der Waals surface area contributed by atoms with E-state index in [1.165, 1.54) is 10.4 Å². The molecule has 2 aromatic rings. The van der Waals surface area contributed by atoms with Crippen LogP contribution < -0.4 is 10.6 Å². The Kier molecular flexibility index (Phi) is 6.39. The van der Waals surface area contributed by atoms with E-state index in [1.54, 1.807) is 11.3 Å². The Hall–Kier alpha value is -1.40. The molecule has 0 aliphatic carbocycles. The second-order valence-corrected chi connectivity index (χ2v) is 7.12. The number of rotatable bonds is 5. The van der Waals surface area contributed by atoms with Gasteiger partial charge in [0, 0.05) is 15.9 Å². The van der Waals surface area contributed by atoms with Gasteiger partial charge in [-0.15, -0.1) is 11.3 Å². The highest BCUT2D eigenvalue weighted by Gasteiger charge is 2.05. The summed E-state index contributed by atoms with van der Waals surface area (Å²) in [5.41, 5.74) is 2.27. The minimum atomic E-state index is 0.648. The predicted molar refractivity (Wildman–Crippen MR) is 97.4 cm³/mol. The van der Waals surface area contributed by atoms with Crippen LogP contribution in [0.25, 0.3) is 0 Å². The number of guanidine groups is 1. The van der Waals surface area contributed by atoms with E-state index in [2.05, 4.69) is 55.6 Å². The van der Waals surface area contributed by atoms with Crippen LogP contribution in [-0.2, 0) is 13.1 Å². The fraction of sp³-hybridized carbons (Fsp3) is 0.375. The van der Waals surface area contributed by atoms with E-state index >= 15 is 0 Å². The van der Waals surface area contributed by atoms with Crippen molar-refractivity contribution in [1.29, 1.82) is 0 Å². The van der Waals surface area contributed by atoms with Gasteiger partial charge in [-0.05, 0) is 38.5 Å². The Bertz CT molecular complexity index is 651. The third-order valence-corrected chi connectivity index (χ3v) is 4.64. The number of hydrogen-bond donors (Lipinski definition) is 2. The molecule has 2 rings (SSSR count). The maximum atomic E-state index is 4.63. The van der Waals surface area contributed by atoms with Crippen molar-refractivity contribution in [2.75, 3.05) is 6.54 Å². The Balaban J connectivity index is 1.99. The molecule has 118 valence electrons. The van der Waals surface area contributed by atoms with E-state index in [-0.39, 0.29) is 0 Å². The van der Waals surface area contributed by atoms with Gasteiger partial charge >= 0.3 is 0 Å². The number of thiazole rings is 1. The van der Waals surface area contributed by atoms with Gasteiger partial charge in [0.2, 0.25) is 0 Å². The molecule has 0 fully saturated rings. The third kappa shape index (κ3) is 5.10. The highest BCUT2D eigenvalue weighted by atomic mass is 79.9. The van der Waals surface area contributed by atoms with Crippen molar-refractivity contribution in [2.45, 2.75) is 33.9 Å². The first-order valence-electron chi connectivity index (χ1n) is 7.28. The van der Waals surface area contributed by atoms with Crippen LogP contribution in [0.5, 0.6) is 0 Å². The van der Waals surface area contributed by atoms with Gasteiger partial charge in [-0.3, -0.25) is 0 Å². The van der Waals surface area contributed by atoms with Crippen molar-refractivity contribution in [3.63, 3.8) is 0 Å². The van der Waals surface area contributed by atoms with E-state index in [9.17, 15) is 0 Å². The average Bonchev–Trinajstić information content (AvgIpc) is 2.80. The number of aromatic nitrogens is 1. The molecule has 0 spiro atoms. The van der Waals surface area contributed by atoms with Gasteiger partial charge in [0.15, 0.2) is 5.96 Å². The monoisotopic (exact) mass is 380 g/mol. The minimum absolute atomic E-state index is 0.648. The SMILES string of the molecule is CCNC(=NCc1cccc(Br)c1)NCc1sc(C)nc1C. The highest BCUT2D eigenvalue weighted by molar-refractivity contribution is 9.10. The zero-order chi connectivity index (χ0) is 15.9. The number of nitrogens with zero attached hydrogens (tertiary/aromatic N) is 2. The second-order valence-electron chi connectivity index (χ2n) is 4.92. The normalized spacial score (nSPS) is 11.5. The van der Waals surface area contributed by atoms with E-state index in [4.69, 9.17) is 0 Å². The van der Waals surface area contributed by atoms with Crippen LogP contribution in [0, 0.1) is 13.8 Å². The summed E-state index contributed by atoms with van der Waals surface area (Å²) in [6.45, 7) is 8.39. The van der Waals surface area contributed by atoms with Crippen molar-refractivity contribution >= 4 is 33.2 Å². The van der Waals surface area contributed by atoms with Gasteiger partial charge in [0.1, 0.15) is 0 Å². The zero-order valence-corrected chi connectivity index (χ0v) is 15.5. The zero-order valence-electron chi connectivity index (χ0n) is 13.1. The topological polar surface area (TPSA) is 49.3 Å². The van der Waals surface area contributed by atoms with Gasteiger partial charge in [0.25, 0.3) is 0 Å². The van der Waals surface area contributed by atoms with E-state index in [0.717, 1.165) is 34.2 Å². The van der Waals surface area contributed by atoms with Crippen molar-refractivity contribution in [2.24, 2.45) is 4.99 Å². The standard InChI is InChI=1S/C16H21BrN4S/c1-4-18-16(19-9-13-6-5-7-14(17)8-13)20-10-15-11(2)21-12(3)22-15/h5-8H,4,9-10H2,1-3H3,(H2,18,19,20). The lowest BCUT2D eigenvalue weighted by atomic mass is 10.2. The molecule has 22 heavy (non-hydrogen) atoms. The van der Waals surface area contributed by atoms with Gasteiger partial charge in [-0.1, -0.05) is 28.1 Å². The summed E-state index contributed by atoms with van der Waals surface area (Å²) in [5.74, 6) is 0.827. The first-order valence-corrected chi connectivity index (χ1v) is 8.89. The van der Waals surface area contributed by atoms with Gasteiger partial charge in [-0.25, -0.2) is 9.98 Å². The maximum Gasteiger partial charge on any atom is 0.191 e. The quantitative estimate of drug-likeness (QED) is 0.612. The number of aryl methyl sites for hydroxylation is 2. The Morgan fingerprint density at radius 1 is 1.32 bits per heavy atom. The van der Waals surface area contributed by atoms with Crippen molar-refractivity contribution < 1.29 is 0 Å². The molecule has 0 saturated carbocycles. The predicted octanol–water partition coefficient (Wildman–Crippen LogP) is 3.78. The molecular formula is C16H21BrN4S. The van der Waals surface area contributed by atoms with Crippen LogP contribution in [0.1, 0.15) is 28.1 Å². The third-order valence-electron chi connectivity index (χ3n) is 3.07. The van der Waals surface area contributed by atoms with Gasteiger partial charge < -0.3 is 10.6 Å². The Labute approximate surface area is 144 Å². The molecule has 0 aliphatic rings. The summed E-state index contributed by atoms with van der Waals surface area (Å²) >= 11 is 5.21. The molecule has 0 amide bonds. The summed E-state index contributed by atoms with van der Waals surface area (Å²) in [5, 5.41) is 7.75. The molecular weight excluding hydrogens is 360 g/mol. The minimum Gasteiger partial charge on any atom is -0.357 e. The Morgan fingerprint density at radius 2 is 2.14 bits per heavy atom. The number of nitrogens with one attached hydrogen (secondary N) is 2. The Morgan fingerprint density at radius 3 is 2.77 bits per heavy atom. The average molecular weight is 381 g/mol. The summed E-state index contributed by atoms with van der Waals surface area (Å²) in [7, 11) is 0. The largest absolute Gasteiger partial charge is 0.357 e. The molecule has 0 saturated heterocycles. The summed E-state index contributed by atoms with van der Waals surface area (Å²) < 4.78 is 1.08. The lowest BCUT2D eigenvalue weighted by molar-refractivity contribution is 0.818. The van der Waals surface area contributed by atoms with Crippen LogP contribution in [-0.4, -0.2) is 17.5 Å². The summed E-state index contributed by atoms with van der Waals surface area (Å²) in [4.78, 5) is 10.3. The number of halogens is 1.